The topological polar surface area (TPSA) is 78.0 Å². The van der Waals surface area contributed by atoms with E-state index in [9.17, 15) is 4.79 Å². The van der Waals surface area contributed by atoms with Crippen LogP contribution in [0.2, 0.25) is 0 Å². The molecule has 3 aromatic rings. The van der Waals surface area contributed by atoms with Gasteiger partial charge in [-0.15, -0.1) is 0 Å². The van der Waals surface area contributed by atoms with Gasteiger partial charge in [-0.3, -0.25) is 4.79 Å². The molecule has 0 aliphatic carbocycles. The second-order valence-electron chi connectivity index (χ2n) is 5.46. The fraction of sp³-hybridized carbons (Fsp3) is 0.250. The van der Waals surface area contributed by atoms with Crippen LogP contribution in [0, 0.1) is 0 Å². The van der Waals surface area contributed by atoms with Gasteiger partial charge in [-0.2, -0.15) is 0 Å². The summed E-state index contributed by atoms with van der Waals surface area (Å²) in [4.78, 5) is 31.4. The molecule has 1 aliphatic rings. The Morgan fingerprint density at radius 1 is 0.957 bits per heavy atom. The smallest absolute Gasteiger partial charge is 0.252 e. The van der Waals surface area contributed by atoms with Gasteiger partial charge in [-0.25, -0.2) is 15.0 Å². The first-order chi connectivity index (χ1) is 11.3. The monoisotopic (exact) mass is 308 g/mol. The Bertz CT molecular complexity index is 879. The lowest BCUT2D eigenvalue weighted by Gasteiger charge is -2.36. The van der Waals surface area contributed by atoms with Crippen molar-refractivity contribution in [2.45, 2.75) is 0 Å². The van der Waals surface area contributed by atoms with Gasteiger partial charge in [-0.1, -0.05) is 12.1 Å². The van der Waals surface area contributed by atoms with Gasteiger partial charge in [-0.05, 0) is 12.1 Å². The largest absolute Gasteiger partial charge is 0.353 e. The molecular formula is C16H16N6O. The number of nitrogens with one attached hydrogen (secondary N) is 1. The number of aromatic amines is 1. The SMILES string of the molecule is O=c1cc(N2CCN(c3ncnc4ccccc34)CC2)nc[nH]1. The van der Waals surface area contributed by atoms with Crippen molar-refractivity contribution in [1.29, 1.82) is 0 Å². The van der Waals surface area contributed by atoms with Crippen LogP contribution in [0.5, 0.6) is 0 Å². The highest BCUT2D eigenvalue weighted by Crippen LogP contribution is 2.24. The Kier molecular flexibility index (Phi) is 3.38. The molecule has 1 aromatic carbocycles. The van der Waals surface area contributed by atoms with E-state index in [1.54, 1.807) is 6.33 Å². The van der Waals surface area contributed by atoms with Crippen molar-refractivity contribution in [2.75, 3.05) is 36.0 Å². The highest BCUT2D eigenvalue weighted by molar-refractivity contribution is 5.89. The molecule has 0 saturated carbocycles. The maximum absolute atomic E-state index is 11.4. The molecule has 1 fully saturated rings. The van der Waals surface area contributed by atoms with Gasteiger partial charge in [0.05, 0.1) is 11.8 Å². The predicted octanol–water partition coefficient (Wildman–Crippen LogP) is 1.04. The predicted molar refractivity (Wildman–Crippen MR) is 88.8 cm³/mol. The number of para-hydroxylation sites is 1. The van der Waals surface area contributed by atoms with Gasteiger partial charge < -0.3 is 14.8 Å². The molecule has 0 amide bonds. The van der Waals surface area contributed by atoms with E-state index >= 15 is 0 Å². The molecule has 1 saturated heterocycles. The molecule has 1 N–H and O–H groups in total. The number of rotatable bonds is 2. The zero-order valence-corrected chi connectivity index (χ0v) is 12.5. The normalized spacial score (nSPS) is 15.1. The van der Waals surface area contributed by atoms with Crippen LogP contribution in [0.4, 0.5) is 11.6 Å². The van der Waals surface area contributed by atoms with Gasteiger partial charge in [0.1, 0.15) is 18.0 Å². The Morgan fingerprint density at radius 3 is 2.57 bits per heavy atom. The standard InChI is InChI=1S/C16H16N6O/c23-15-9-14(18-11-19-15)21-5-7-22(8-6-21)16-12-3-1-2-4-13(12)17-10-20-16/h1-4,9-11H,5-8H2,(H,18,19,23). The Morgan fingerprint density at radius 2 is 1.74 bits per heavy atom. The molecule has 0 unspecified atom stereocenters. The van der Waals surface area contributed by atoms with Crippen LogP contribution >= 0.6 is 0 Å². The molecule has 0 radical (unpaired) electrons. The minimum atomic E-state index is -0.126. The summed E-state index contributed by atoms with van der Waals surface area (Å²) in [6.45, 7) is 3.26. The van der Waals surface area contributed by atoms with Crippen LogP contribution in [-0.2, 0) is 0 Å². The van der Waals surface area contributed by atoms with E-state index < -0.39 is 0 Å². The molecule has 7 nitrogen and oxygen atoms in total. The van der Waals surface area contributed by atoms with Crippen LogP contribution in [-0.4, -0.2) is 46.1 Å². The summed E-state index contributed by atoms with van der Waals surface area (Å²) in [7, 11) is 0. The number of hydrogen-bond acceptors (Lipinski definition) is 6. The molecule has 4 rings (SSSR count). The molecular weight excluding hydrogens is 292 g/mol. The highest BCUT2D eigenvalue weighted by Gasteiger charge is 2.20. The van der Waals surface area contributed by atoms with Crippen molar-refractivity contribution < 1.29 is 0 Å². The summed E-state index contributed by atoms with van der Waals surface area (Å²) in [6.07, 6.45) is 3.06. The van der Waals surface area contributed by atoms with Crippen molar-refractivity contribution in [1.82, 2.24) is 19.9 Å². The van der Waals surface area contributed by atoms with Gasteiger partial charge in [0.25, 0.3) is 5.56 Å². The van der Waals surface area contributed by atoms with E-state index in [2.05, 4.69) is 35.8 Å². The molecule has 116 valence electrons. The number of fused-ring (bicyclic) bond motifs is 1. The number of hydrogen-bond donors (Lipinski definition) is 1. The van der Waals surface area contributed by atoms with Crippen molar-refractivity contribution in [3.05, 3.63) is 53.3 Å². The van der Waals surface area contributed by atoms with Crippen molar-refractivity contribution in [3.8, 4) is 0 Å². The highest BCUT2D eigenvalue weighted by atomic mass is 16.1. The third-order valence-corrected chi connectivity index (χ3v) is 4.09. The Hall–Kier alpha value is -2.96. The van der Waals surface area contributed by atoms with Gasteiger partial charge >= 0.3 is 0 Å². The number of H-pyrrole nitrogens is 1. The Balaban J connectivity index is 1.56. The molecule has 3 heterocycles. The van der Waals surface area contributed by atoms with Crippen LogP contribution in [0.15, 0.2) is 47.8 Å². The second kappa shape index (κ2) is 5.68. The van der Waals surface area contributed by atoms with E-state index in [0.29, 0.717) is 0 Å². The maximum Gasteiger partial charge on any atom is 0.252 e. The van der Waals surface area contributed by atoms with Crippen molar-refractivity contribution in [2.24, 2.45) is 0 Å². The summed E-state index contributed by atoms with van der Waals surface area (Å²) < 4.78 is 0. The molecule has 23 heavy (non-hydrogen) atoms. The van der Waals surface area contributed by atoms with E-state index in [0.717, 1.165) is 48.7 Å². The zero-order valence-electron chi connectivity index (χ0n) is 12.5. The molecule has 0 spiro atoms. The number of anilines is 2. The first kappa shape index (κ1) is 13.7. The third-order valence-electron chi connectivity index (χ3n) is 4.09. The molecule has 2 aromatic heterocycles. The average molecular weight is 308 g/mol. The minimum absolute atomic E-state index is 0.126. The third kappa shape index (κ3) is 2.61. The summed E-state index contributed by atoms with van der Waals surface area (Å²) in [6, 6.07) is 9.57. The zero-order chi connectivity index (χ0) is 15.6. The molecule has 0 atom stereocenters. The van der Waals surface area contributed by atoms with E-state index in [4.69, 9.17) is 0 Å². The van der Waals surface area contributed by atoms with Crippen molar-refractivity contribution >= 4 is 22.5 Å². The fourth-order valence-electron chi connectivity index (χ4n) is 2.92. The van der Waals surface area contributed by atoms with Crippen molar-refractivity contribution in [3.63, 3.8) is 0 Å². The van der Waals surface area contributed by atoms with Crippen LogP contribution in [0.1, 0.15) is 0 Å². The molecule has 0 bridgehead atoms. The average Bonchev–Trinajstić information content (AvgIpc) is 2.61. The lowest BCUT2D eigenvalue weighted by molar-refractivity contribution is 0.642. The number of aromatic nitrogens is 4. The molecule has 1 aliphatic heterocycles. The van der Waals surface area contributed by atoms with Crippen LogP contribution in [0.3, 0.4) is 0 Å². The second-order valence-corrected chi connectivity index (χ2v) is 5.46. The number of benzene rings is 1. The minimum Gasteiger partial charge on any atom is -0.353 e. The summed E-state index contributed by atoms with van der Waals surface area (Å²) in [5.41, 5.74) is 0.829. The van der Waals surface area contributed by atoms with Crippen LogP contribution < -0.4 is 15.4 Å². The van der Waals surface area contributed by atoms with Gasteiger partial charge in [0.2, 0.25) is 0 Å². The van der Waals surface area contributed by atoms with Gasteiger partial charge in [0, 0.05) is 37.6 Å². The molecule has 7 heteroatoms. The number of nitrogens with zero attached hydrogens (tertiary/aromatic N) is 5. The quantitative estimate of drug-likeness (QED) is 0.762. The van der Waals surface area contributed by atoms with E-state index in [1.807, 2.05) is 18.2 Å². The van der Waals surface area contributed by atoms with Crippen LogP contribution in [0.25, 0.3) is 10.9 Å². The number of piperazine rings is 1. The lowest BCUT2D eigenvalue weighted by atomic mass is 10.2. The summed E-state index contributed by atoms with van der Waals surface area (Å²) in [5, 5.41) is 1.07. The Labute approximate surface area is 132 Å². The summed E-state index contributed by atoms with van der Waals surface area (Å²) >= 11 is 0. The maximum atomic E-state index is 11.4. The fourth-order valence-corrected chi connectivity index (χ4v) is 2.92. The first-order valence-electron chi connectivity index (χ1n) is 7.56. The summed E-state index contributed by atoms with van der Waals surface area (Å²) in [5.74, 6) is 1.69. The lowest BCUT2D eigenvalue weighted by Crippen LogP contribution is -2.47. The first-order valence-corrected chi connectivity index (χ1v) is 7.56. The van der Waals surface area contributed by atoms with E-state index in [-0.39, 0.29) is 5.56 Å². The van der Waals surface area contributed by atoms with Gasteiger partial charge in [0.15, 0.2) is 0 Å². The van der Waals surface area contributed by atoms with E-state index in [1.165, 1.54) is 12.4 Å².